The van der Waals surface area contributed by atoms with Gasteiger partial charge in [-0.3, -0.25) is 4.79 Å². The summed E-state index contributed by atoms with van der Waals surface area (Å²) in [6.07, 6.45) is 0.973. The number of imide groups is 1. The Hall–Kier alpha value is -1.10. The molecule has 2 unspecified atom stereocenters. The molecular weight excluding hydrogens is 210 g/mol. The standard InChI is InChI=1S/C11H17NO4/c1-11(2)4-3-7(13)5-8(11)12-9(14)6-16-10(12)15/h7-8,13H,3-6H2,1-2H3. The van der Waals surface area contributed by atoms with Gasteiger partial charge in [0.05, 0.1) is 12.1 Å². The summed E-state index contributed by atoms with van der Waals surface area (Å²) < 4.78 is 4.72. The van der Waals surface area contributed by atoms with Crippen LogP contribution in [0.1, 0.15) is 33.1 Å². The molecular formula is C11H17NO4. The highest BCUT2D eigenvalue weighted by Gasteiger charge is 2.46. The average Bonchev–Trinajstić information content (AvgIpc) is 2.51. The van der Waals surface area contributed by atoms with Crippen LogP contribution in [0.2, 0.25) is 0 Å². The zero-order valence-corrected chi connectivity index (χ0v) is 9.60. The van der Waals surface area contributed by atoms with Crippen LogP contribution in [0.3, 0.4) is 0 Å². The van der Waals surface area contributed by atoms with E-state index in [-0.39, 0.29) is 24.0 Å². The molecule has 0 aromatic carbocycles. The van der Waals surface area contributed by atoms with Crippen molar-refractivity contribution >= 4 is 12.0 Å². The second kappa shape index (κ2) is 3.73. The fourth-order valence-electron chi connectivity index (χ4n) is 2.52. The third-order valence-electron chi connectivity index (χ3n) is 3.62. The van der Waals surface area contributed by atoms with E-state index in [1.54, 1.807) is 0 Å². The largest absolute Gasteiger partial charge is 0.439 e. The molecule has 0 aromatic rings. The number of aliphatic hydroxyl groups excluding tert-OH is 1. The highest BCUT2D eigenvalue weighted by atomic mass is 16.6. The van der Waals surface area contributed by atoms with E-state index in [0.29, 0.717) is 6.42 Å². The lowest BCUT2D eigenvalue weighted by molar-refractivity contribution is -0.130. The van der Waals surface area contributed by atoms with Crippen LogP contribution < -0.4 is 0 Å². The molecule has 2 rings (SSSR count). The number of amides is 2. The highest BCUT2D eigenvalue weighted by Crippen LogP contribution is 2.39. The van der Waals surface area contributed by atoms with E-state index in [1.165, 1.54) is 4.90 Å². The van der Waals surface area contributed by atoms with Crippen LogP contribution in [0.15, 0.2) is 0 Å². The van der Waals surface area contributed by atoms with Gasteiger partial charge in [0.2, 0.25) is 0 Å². The number of carbonyl (C=O) groups excluding carboxylic acids is 2. The molecule has 2 amide bonds. The summed E-state index contributed by atoms with van der Waals surface area (Å²) in [5.41, 5.74) is -0.155. The second-order valence-electron chi connectivity index (χ2n) is 5.25. The first-order valence-corrected chi connectivity index (χ1v) is 5.59. The van der Waals surface area contributed by atoms with E-state index >= 15 is 0 Å². The molecule has 5 heteroatoms. The number of hydrogen-bond donors (Lipinski definition) is 1. The van der Waals surface area contributed by atoms with Crippen molar-refractivity contribution in [3.8, 4) is 0 Å². The van der Waals surface area contributed by atoms with Gasteiger partial charge in [-0.1, -0.05) is 13.8 Å². The number of nitrogens with zero attached hydrogens (tertiary/aromatic N) is 1. The number of ether oxygens (including phenoxy) is 1. The fourth-order valence-corrected chi connectivity index (χ4v) is 2.52. The SMILES string of the molecule is CC1(C)CCC(O)CC1N1C(=O)COC1=O. The molecule has 1 heterocycles. The van der Waals surface area contributed by atoms with Gasteiger partial charge in [-0.05, 0) is 24.7 Å². The number of rotatable bonds is 1. The van der Waals surface area contributed by atoms with Crippen LogP contribution in [0, 0.1) is 5.41 Å². The molecule has 1 aliphatic carbocycles. The summed E-state index contributed by atoms with van der Waals surface area (Å²) in [6, 6.07) is -0.251. The summed E-state index contributed by atoms with van der Waals surface area (Å²) in [5, 5.41) is 9.65. The van der Waals surface area contributed by atoms with Crippen molar-refractivity contribution in [2.45, 2.75) is 45.3 Å². The maximum atomic E-state index is 11.6. The maximum absolute atomic E-state index is 11.6. The highest BCUT2D eigenvalue weighted by molar-refractivity contribution is 5.98. The zero-order valence-electron chi connectivity index (χ0n) is 9.60. The summed E-state index contributed by atoms with van der Waals surface area (Å²) in [5.74, 6) is -0.294. The van der Waals surface area contributed by atoms with Gasteiger partial charge in [0.15, 0.2) is 6.61 Å². The molecule has 2 aliphatic rings. The molecule has 2 atom stereocenters. The van der Waals surface area contributed by atoms with E-state index < -0.39 is 12.2 Å². The van der Waals surface area contributed by atoms with Gasteiger partial charge in [-0.2, -0.15) is 0 Å². The summed E-state index contributed by atoms with van der Waals surface area (Å²) >= 11 is 0. The van der Waals surface area contributed by atoms with Crippen molar-refractivity contribution in [1.29, 1.82) is 0 Å². The Morgan fingerprint density at radius 2 is 2.12 bits per heavy atom. The first-order valence-electron chi connectivity index (χ1n) is 5.59. The molecule has 1 saturated heterocycles. The summed E-state index contributed by atoms with van der Waals surface area (Å²) in [4.78, 5) is 24.2. The molecule has 90 valence electrons. The predicted molar refractivity (Wildman–Crippen MR) is 55.6 cm³/mol. The van der Waals surface area contributed by atoms with Crippen molar-refractivity contribution in [2.24, 2.45) is 5.41 Å². The molecule has 2 fully saturated rings. The van der Waals surface area contributed by atoms with Crippen molar-refractivity contribution in [3.63, 3.8) is 0 Å². The molecule has 0 radical (unpaired) electrons. The van der Waals surface area contributed by atoms with Crippen LogP contribution in [0.4, 0.5) is 4.79 Å². The lowest BCUT2D eigenvalue weighted by Crippen LogP contribution is -2.52. The topological polar surface area (TPSA) is 66.8 Å². The van der Waals surface area contributed by atoms with Gasteiger partial charge in [0, 0.05) is 0 Å². The first-order chi connectivity index (χ1) is 7.42. The molecule has 1 saturated carbocycles. The number of cyclic esters (lactones) is 1. The minimum atomic E-state index is -0.572. The van der Waals surface area contributed by atoms with Gasteiger partial charge >= 0.3 is 6.09 Å². The predicted octanol–water partition coefficient (Wildman–Crippen LogP) is 0.905. The molecule has 1 N–H and O–H groups in total. The van der Waals surface area contributed by atoms with Crippen molar-refractivity contribution in [1.82, 2.24) is 4.90 Å². The van der Waals surface area contributed by atoms with Crippen LogP contribution >= 0.6 is 0 Å². The lowest BCUT2D eigenvalue weighted by atomic mass is 9.71. The van der Waals surface area contributed by atoms with Gasteiger partial charge in [-0.15, -0.1) is 0 Å². The zero-order chi connectivity index (χ0) is 11.9. The Morgan fingerprint density at radius 1 is 1.44 bits per heavy atom. The number of hydrogen-bond acceptors (Lipinski definition) is 4. The first kappa shape index (κ1) is 11.4. The number of carbonyl (C=O) groups is 2. The van der Waals surface area contributed by atoms with Gasteiger partial charge in [0.1, 0.15) is 0 Å². The molecule has 0 aromatic heterocycles. The van der Waals surface area contributed by atoms with E-state index in [9.17, 15) is 14.7 Å². The van der Waals surface area contributed by atoms with Gasteiger partial charge in [-0.25, -0.2) is 9.69 Å². The van der Waals surface area contributed by atoms with Crippen LogP contribution in [0.5, 0.6) is 0 Å². The van der Waals surface area contributed by atoms with Gasteiger partial charge < -0.3 is 9.84 Å². The quantitative estimate of drug-likeness (QED) is 0.723. The second-order valence-corrected chi connectivity index (χ2v) is 5.25. The maximum Gasteiger partial charge on any atom is 0.417 e. The van der Waals surface area contributed by atoms with Crippen molar-refractivity contribution in [2.75, 3.05) is 6.61 Å². The van der Waals surface area contributed by atoms with E-state index in [4.69, 9.17) is 4.74 Å². The summed E-state index contributed by atoms with van der Waals surface area (Å²) in [7, 11) is 0. The molecule has 5 nitrogen and oxygen atoms in total. The molecule has 0 spiro atoms. The van der Waals surface area contributed by atoms with Crippen LogP contribution in [-0.4, -0.2) is 40.8 Å². The normalized spacial score (nSPS) is 34.1. The van der Waals surface area contributed by atoms with E-state index in [0.717, 1.165) is 12.8 Å². The smallest absolute Gasteiger partial charge is 0.417 e. The molecule has 0 bridgehead atoms. The fraction of sp³-hybridized carbons (Fsp3) is 0.818. The third kappa shape index (κ3) is 1.80. The minimum Gasteiger partial charge on any atom is -0.439 e. The monoisotopic (exact) mass is 227 g/mol. The lowest BCUT2D eigenvalue weighted by Gasteiger charge is -2.43. The van der Waals surface area contributed by atoms with Gasteiger partial charge in [0.25, 0.3) is 5.91 Å². The Kier molecular flexibility index (Phi) is 2.66. The Morgan fingerprint density at radius 3 is 2.69 bits per heavy atom. The summed E-state index contributed by atoms with van der Waals surface area (Å²) in [6.45, 7) is 3.87. The third-order valence-corrected chi connectivity index (χ3v) is 3.62. The Labute approximate surface area is 94.4 Å². The van der Waals surface area contributed by atoms with E-state index in [2.05, 4.69) is 0 Å². The Bertz CT molecular complexity index is 310. The molecule has 1 aliphatic heterocycles. The van der Waals surface area contributed by atoms with Crippen LogP contribution in [-0.2, 0) is 9.53 Å². The minimum absolute atomic E-state index is 0.155. The Balaban J connectivity index is 2.23. The number of aliphatic hydroxyl groups is 1. The molecule has 16 heavy (non-hydrogen) atoms. The van der Waals surface area contributed by atoms with E-state index in [1.807, 2.05) is 13.8 Å². The van der Waals surface area contributed by atoms with Crippen molar-refractivity contribution < 1.29 is 19.4 Å². The van der Waals surface area contributed by atoms with Crippen LogP contribution in [0.25, 0.3) is 0 Å². The average molecular weight is 227 g/mol. The van der Waals surface area contributed by atoms with Crippen molar-refractivity contribution in [3.05, 3.63) is 0 Å².